The van der Waals surface area contributed by atoms with Gasteiger partial charge in [-0.3, -0.25) is 0 Å². The Kier molecular flexibility index (Phi) is 0.596. The Morgan fingerprint density at radius 2 is 2.00 bits per heavy atom. The van der Waals surface area contributed by atoms with Gasteiger partial charge in [-0.2, -0.15) is 0 Å². The van der Waals surface area contributed by atoms with Crippen molar-refractivity contribution >= 4 is 0 Å². The van der Waals surface area contributed by atoms with E-state index in [4.69, 9.17) is 5.73 Å². The molecule has 0 amide bonds. The molecule has 0 aromatic carbocycles. The third-order valence-corrected chi connectivity index (χ3v) is 0.727. The molecule has 5 heavy (non-hydrogen) atoms. The van der Waals surface area contributed by atoms with Crippen molar-refractivity contribution in [2.24, 2.45) is 5.73 Å². The monoisotopic (exact) mass is 71.1 g/mol. The second-order valence-corrected chi connectivity index (χ2v) is 1.35. The maximum absolute atomic E-state index is 5.28. The summed E-state index contributed by atoms with van der Waals surface area (Å²) >= 11 is 0. The van der Waals surface area contributed by atoms with Crippen molar-refractivity contribution in [1.29, 1.82) is 0 Å². The molecule has 1 radical (unpaired) electrons. The molecule has 0 aromatic rings. The number of rotatable bonds is 0. The Labute approximate surface area is 31.4 Å². The van der Waals surface area contributed by atoms with Gasteiger partial charge in [0.2, 0.25) is 0 Å². The van der Waals surface area contributed by atoms with Gasteiger partial charge in [0, 0.05) is 19.1 Å². The highest BCUT2D eigenvalue weighted by molar-refractivity contribution is 4.75. The predicted molar refractivity (Wildman–Crippen MR) is 19.8 cm³/mol. The summed E-state index contributed by atoms with van der Waals surface area (Å²) in [6, 6.07) is 0.398. The summed E-state index contributed by atoms with van der Waals surface area (Å²) in [5.74, 6) is 0. The van der Waals surface area contributed by atoms with Gasteiger partial charge in [-0.1, -0.05) is 0 Å². The third kappa shape index (κ3) is 0.412. The molecule has 1 aliphatic rings. The van der Waals surface area contributed by atoms with E-state index in [0.29, 0.717) is 6.04 Å². The second-order valence-electron chi connectivity index (χ2n) is 1.35. The molecule has 0 atom stereocenters. The van der Waals surface area contributed by atoms with Gasteiger partial charge in [0.25, 0.3) is 0 Å². The van der Waals surface area contributed by atoms with Gasteiger partial charge in [-0.05, 0) is 0 Å². The van der Waals surface area contributed by atoms with E-state index >= 15 is 0 Å². The van der Waals surface area contributed by atoms with Crippen LogP contribution in [0.2, 0.25) is 0 Å². The van der Waals surface area contributed by atoms with Gasteiger partial charge >= 0.3 is 0 Å². The smallest absolute Gasteiger partial charge is 0.0325 e. The highest BCUT2D eigenvalue weighted by atomic mass is 15.0. The first-order valence-corrected chi connectivity index (χ1v) is 1.78. The van der Waals surface area contributed by atoms with Crippen LogP contribution in [0.5, 0.6) is 0 Å². The van der Waals surface area contributed by atoms with E-state index in [1.165, 1.54) is 0 Å². The van der Waals surface area contributed by atoms with E-state index in [0.717, 1.165) is 13.1 Å². The van der Waals surface area contributed by atoms with Crippen molar-refractivity contribution in [2.75, 3.05) is 13.1 Å². The molecule has 1 heterocycles. The van der Waals surface area contributed by atoms with Crippen molar-refractivity contribution in [1.82, 2.24) is 5.32 Å². The molecule has 1 aliphatic heterocycles. The van der Waals surface area contributed by atoms with Crippen LogP contribution in [0.25, 0.3) is 0 Å². The van der Waals surface area contributed by atoms with E-state index in [1.807, 2.05) is 0 Å². The molecule has 1 fully saturated rings. The summed E-state index contributed by atoms with van der Waals surface area (Å²) < 4.78 is 0. The lowest BCUT2D eigenvalue weighted by Crippen LogP contribution is -2.47. The molecule has 29 valence electrons. The minimum atomic E-state index is 0.398. The van der Waals surface area contributed by atoms with Crippen molar-refractivity contribution < 1.29 is 0 Å². The van der Waals surface area contributed by atoms with Gasteiger partial charge in [0.05, 0.1) is 0 Å². The average molecular weight is 71.1 g/mol. The Hall–Kier alpha value is -0.0800. The Morgan fingerprint density at radius 3 is 2.00 bits per heavy atom. The van der Waals surface area contributed by atoms with Gasteiger partial charge in [-0.25, -0.2) is 5.32 Å². The Morgan fingerprint density at radius 1 is 1.60 bits per heavy atom. The van der Waals surface area contributed by atoms with Crippen LogP contribution in [-0.4, -0.2) is 19.1 Å². The lowest BCUT2D eigenvalue weighted by atomic mass is 10.2. The van der Waals surface area contributed by atoms with E-state index in [2.05, 4.69) is 5.32 Å². The zero-order valence-electron chi connectivity index (χ0n) is 3.02. The summed E-state index contributed by atoms with van der Waals surface area (Å²) in [4.78, 5) is 0. The predicted octanol–water partition coefficient (Wildman–Crippen LogP) is -1.07. The fraction of sp³-hybridized carbons (Fsp3) is 1.00. The maximum Gasteiger partial charge on any atom is 0.0325 e. The van der Waals surface area contributed by atoms with Crippen molar-refractivity contribution in [3.8, 4) is 0 Å². The molecule has 0 aliphatic carbocycles. The zero-order valence-corrected chi connectivity index (χ0v) is 3.02. The summed E-state index contributed by atoms with van der Waals surface area (Å²) in [5.41, 5.74) is 5.28. The minimum absolute atomic E-state index is 0.398. The molecule has 0 saturated carbocycles. The molecule has 2 heteroatoms. The first-order valence-electron chi connectivity index (χ1n) is 1.78. The summed E-state index contributed by atoms with van der Waals surface area (Å²) in [7, 11) is 0. The first kappa shape index (κ1) is 3.12. The minimum Gasteiger partial charge on any atom is -0.325 e. The lowest BCUT2D eigenvalue weighted by Gasteiger charge is -2.19. The standard InChI is InChI=1S/C3H7N2/c4-3-1-5-2-3/h3H,1-2,4H2. The van der Waals surface area contributed by atoms with Crippen LogP contribution in [0.1, 0.15) is 0 Å². The van der Waals surface area contributed by atoms with Crippen molar-refractivity contribution in [3.63, 3.8) is 0 Å². The highest BCUT2D eigenvalue weighted by Crippen LogP contribution is 1.84. The van der Waals surface area contributed by atoms with Crippen molar-refractivity contribution in [3.05, 3.63) is 0 Å². The van der Waals surface area contributed by atoms with E-state index < -0.39 is 0 Å². The number of nitrogens with two attached hydrogens (primary N) is 1. The second kappa shape index (κ2) is 0.954. The number of hydrogen-bond acceptors (Lipinski definition) is 1. The van der Waals surface area contributed by atoms with Crippen LogP contribution in [-0.2, 0) is 0 Å². The Balaban J connectivity index is 2.08. The lowest BCUT2D eigenvalue weighted by molar-refractivity contribution is 0.435. The van der Waals surface area contributed by atoms with Gasteiger partial charge < -0.3 is 5.73 Å². The fourth-order valence-corrected chi connectivity index (χ4v) is 0.278. The largest absolute Gasteiger partial charge is 0.325 e. The molecule has 0 bridgehead atoms. The van der Waals surface area contributed by atoms with Crippen LogP contribution in [0, 0.1) is 0 Å². The van der Waals surface area contributed by atoms with E-state index in [-0.39, 0.29) is 0 Å². The maximum atomic E-state index is 5.28. The SMILES string of the molecule is NC1C[N]C1. The number of hydrogen-bond donors (Lipinski definition) is 1. The summed E-state index contributed by atoms with van der Waals surface area (Å²) in [5, 5.41) is 3.87. The summed E-state index contributed by atoms with van der Waals surface area (Å²) in [6.45, 7) is 1.78. The third-order valence-electron chi connectivity index (χ3n) is 0.727. The Bertz CT molecular complexity index is 31.9. The van der Waals surface area contributed by atoms with E-state index in [9.17, 15) is 0 Å². The molecular formula is C3H7N2. The van der Waals surface area contributed by atoms with Crippen LogP contribution >= 0.6 is 0 Å². The molecule has 0 spiro atoms. The molecule has 0 aromatic heterocycles. The molecule has 0 unspecified atom stereocenters. The zero-order chi connectivity index (χ0) is 3.70. The van der Waals surface area contributed by atoms with Crippen molar-refractivity contribution in [2.45, 2.75) is 6.04 Å². The fourth-order valence-electron chi connectivity index (χ4n) is 0.278. The van der Waals surface area contributed by atoms with Crippen LogP contribution in [0.15, 0.2) is 0 Å². The van der Waals surface area contributed by atoms with Crippen LogP contribution in [0.3, 0.4) is 0 Å². The normalized spacial score (nSPS) is 25.8. The van der Waals surface area contributed by atoms with Gasteiger partial charge in [0.15, 0.2) is 0 Å². The molecule has 1 rings (SSSR count). The quantitative estimate of drug-likeness (QED) is 0.388. The number of nitrogens with zero attached hydrogens (tertiary/aromatic N) is 1. The average Bonchev–Trinajstić information content (AvgIpc) is 1.30. The summed E-state index contributed by atoms with van der Waals surface area (Å²) in [6.07, 6.45) is 0. The molecule has 2 nitrogen and oxygen atoms in total. The topological polar surface area (TPSA) is 40.1 Å². The highest BCUT2D eigenvalue weighted by Gasteiger charge is 2.10. The molecular weight excluding hydrogens is 64.0 g/mol. The van der Waals surface area contributed by atoms with Gasteiger partial charge in [-0.15, -0.1) is 0 Å². The molecule has 2 N–H and O–H groups in total. The first-order chi connectivity index (χ1) is 2.39. The van der Waals surface area contributed by atoms with E-state index in [1.54, 1.807) is 0 Å². The van der Waals surface area contributed by atoms with Crippen LogP contribution in [0.4, 0.5) is 0 Å². The molecule has 1 saturated heterocycles. The van der Waals surface area contributed by atoms with Crippen LogP contribution < -0.4 is 11.1 Å². The van der Waals surface area contributed by atoms with Gasteiger partial charge in [0.1, 0.15) is 0 Å².